The minimum Gasteiger partial charge on any atom is -0.278 e. The molecular formula is C15H23N. The number of allylic oxidation sites excluding steroid dienone is 4. The van der Waals surface area contributed by atoms with Crippen LogP contribution in [0.25, 0.3) is 0 Å². The van der Waals surface area contributed by atoms with Gasteiger partial charge in [-0.05, 0) is 39.3 Å². The molecule has 0 N–H and O–H groups in total. The van der Waals surface area contributed by atoms with Gasteiger partial charge < -0.3 is 0 Å². The molecule has 0 bridgehead atoms. The lowest BCUT2D eigenvalue weighted by atomic mass is 9.66. The Balaban J connectivity index is 3.46. The van der Waals surface area contributed by atoms with Crippen molar-refractivity contribution in [2.45, 2.75) is 47.1 Å². The van der Waals surface area contributed by atoms with Crippen LogP contribution in [0.3, 0.4) is 0 Å². The van der Waals surface area contributed by atoms with E-state index < -0.39 is 0 Å². The van der Waals surface area contributed by atoms with E-state index in [0.717, 1.165) is 5.71 Å². The van der Waals surface area contributed by atoms with Gasteiger partial charge in [0.15, 0.2) is 0 Å². The highest BCUT2D eigenvalue weighted by atomic mass is 14.9. The van der Waals surface area contributed by atoms with Crippen LogP contribution in [-0.2, 0) is 0 Å². The molecule has 0 aromatic rings. The summed E-state index contributed by atoms with van der Waals surface area (Å²) < 4.78 is 0. The van der Waals surface area contributed by atoms with Crippen molar-refractivity contribution in [3.05, 3.63) is 36.0 Å². The van der Waals surface area contributed by atoms with Gasteiger partial charge >= 0.3 is 0 Å². The summed E-state index contributed by atoms with van der Waals surface area (Å²) in [6.07, 6.45) is 6.05. The van der Waals surface area contributed by atoms with Gasteiger partial charge in [-0.15, -0.1) is 0 Å². The molecular weight excluding hydrogens is 194 g/mol. The third-order valence-electron chi connectivity index (χ3n) is 4.07. The van der Waals surface area contributed by atoms with Gasteiger partial charge in [0.2, 0.25) is 0 Å². The van der Waals surface area contributed by atoms with Crippen LogP contribution in [0, 0.1) is 5.41 Å². The molecule has 0 aromatic heterocycles. The van der Waals surface area contributed by atoms with Gasteiger partial charge in [-0.25, -0.2) is 0 Å². The van der Waals surface area contributed by atoms with Gasteiger partial charge in [0.1, 0.15) is 0 Å². The second-order valence-corrected chi connectivity index (χ2v) is 5.42. The standard InChI is InChI=1S/C15H23N/c1-8-10-12-11(3)14(4,5)15(6,7)16-13(12)9-2/h8-10H,2H2,1,3-7H3. The Morgan fingerprint density at radius 2 is 1.75 bits per heavy atom. The molecule has 1 aliphatic heterocycles. The highest BCUT2D eigenvalue weighted by Crippen LogP contribution is 2.45. The van der Waals surface area contributed by atoms with Gasteiger partial charge in [0.25, 0.3) is 0 Å². The summed E-state index contributed by atoms with van der Waals surface area (Å²) in [5.74, 6) is 0. The summed E-state index contributed by atoms with van der Waals surface area (Å²) in [7, 11) is 0. The van der Waals surface area contributed by atoms with Gasteiger partial charge in [-0.2, -0.15) is 0 Å². The highest BCUT2D eigenvalue weighted by molar-refractivity contribution is 6.11. The molecule has 1 aliphatic rings. The Morgan fingerprint density at radius 1 is 1.19 bits per heavy atom. The first-order chi connectivity index (χ1) is 7.28. The Hall–Kier alpha value is -1.11. The molecule has 16 heavy (non-hydrogen) atoms. The van der Waals surface area contributed by atoms with Crippen molar-refractivity contribution < 1.29 is 0 Å². The Bertz CT molecular complexity index is 390. The molecule has 0 aromatic carbocycles. The Morgan fingerprint density at radius 3 is 2.19 bits per heavy atom. The number of nitrogens with zero attached hydrogens (tertiary/aromatic N) is 1. The molecule has 0 spiro atoms. The Labute approximate surface area is 99.7 Å². The lowest BCUT2D eigenvalue weighted by Gasteiger charge is -2.44. The SMILES string of the molecule is C=CC1=NC(C)(C)C(C)(C)C(C)=C1C=CC. The first-order valence-corrected chi connectivity index (χ1v) is 5.84. The molecule has 0 aliphatic carbocycles. The normalized spacial score (nSPS) is 23.5. The smallest absolute Gasteiger partial charge is 0.0647 e. The van der Waals surface area contributed by atoms with Crippen LogP contribution in [0.5, 0.6) is 0 Å². The molecule has 0 fully saturated rings. The van der Waals surface area contributed by atoms with E-state index in [1.54, 1.807) is 0 Å². The van der Waals surface area contributed by atoms with Crippen molar-refractivity contribution in [2.75, 3.05) is 0 Å². The molecule has 0 atom stereocenters. The molecule has 0 saturated carbocycles. The van der Waals surface area contributed by atoms with E-state index in [1.165, 1.54) is 11.1 Å². The number of hydrogen-bond donors (Lipinski definition) is 0. The molecule has 1 nitrogen and oxygen atoms in total. The first kappa shape index (κ1) is 13.0. The third kappa shape index (κ3) is 1.79. The zero-order valence-corrected chi connectivity index (χ0v) is 11.4. The predicted molar refractivity (Wildman–Crippen MR) is 73.0 cm³/mol. The van der Waals surface area contributed by atoms with Crippen LogP contribution in [0.15, 0.2) is 40.9 Å². The van der Waals surface area contributed by atoms with Crippen molar-refractivity contribution in [2.24, 2.45) is 10.4 Å². The molecule has 1 heterocycles. The predicted octanol–water partition coefficient (Wildman–Crippen LogP) is 4.32. The maximum Gasteiger partial charge on any atom is 0.0647 e. The average Bonchev–Trinajstić information content (AvgIpc) is 2.20. The summed E-state index contributed by atoms with van der Waals surface area (Å²) in [5.41, 5.74) is 3.63. The van der Waals surface area contributed by atoms with Crippen molar-refractivity contribution in [3.63, 3.8) is 0 Å². The lowest BCUT2D eigenvalue weighted by molar-refractivity contribution is 0.251. The largest absolute Gasteiger partial charge is 0.278 e. The molecule has 0 radical (unpaired) electrons. The fraction of sp³-hybridized carbons (Fsp3) is 0.533. The number of dihydropyridines is 1. The fourth-order valence-corrected chi connectivity index (χ4v) is 2.02. The van der Waals surface area contributed by atoms with E-state index in [0.29, 0.717) is 0 Å². The summed E-state index contributed by atoms with van der Waals surface area (Å²) in [6.45, 7) is 17.0. The fourth-order valence-electron chi connectivity index (χ4n) is 2.02. The summed E-state index contributed by atoms with van der Waals surface area (Å²) >= 11 is 0. The maximum atomic E-state index is 4.83. The quantitative estimate of drug-likeness (QED) is 0.653. The number of aliphatic imine (C=N–C) groups is 1. The summed E-state index contributed by atoms with van der Waals surface area (Å²) in [5, 5.41) is 0. The number of rotatable bonds is 2. The zero-order valence-electron chi connectivity index (χ0n) is 11.4. The van der Waals surface area contributed by atoms with Crippen LogP contribution in [0.4, 0.5) is 0 Å². The molecule has 1 rings (SSSR count). The van der Waals surface area contributed by atoms with Crippen molar-refractivity contribution in [1.82, 2.24) is 0 Å². The zero-order chi connectivity index (χ0) is 12.6. The number of hydrogen-bond acceptors (Lipinski definition) is 1. The minimum atomic E-state index is -0.0777. The second-order valence-electron chi connectivity index (χ2n) is 5.42. The van der Waals surface area contributed by atoms with Crippen LogP contribution in [-0.4, -0.2) is 11.3 Å². The van der Waals surface area contributed by atoms with E-state index >= 15 is 0 Å². The third-order valence-corrected chi connectivity index (χ3v) is 4.07. The molecule has 0 unspecified atom stereocenters. The minimum absolute atomic E-state index is 0.0777. The first-order valence-electron chi connectivity index (χ1n) is 5.84. The lowest BCUT2D eigenvalue weighted by Crippen LogP contribution is -2.42. The molecule has 1 heteroatoms. The van der Waals surface area contributed by atoms with Crippen LogP contribution in [0.1, 0.15) is 41.5 Å². The monoisotopic (exact) mass is 217 g/mol. The van der Waals surface area contributed by atoms with E-state index in [1.807, 2.05) is 13.0 Å². The highest BCUT2D eigenvalue weighted by Gasteiger charge is 2.42. The van der Waals surface area contributed by atoms with Gasteiger partial charge in [0.05, 0.1) is 11.3 Å². The van der Waals surface area contributed by atoms with Crippen LogP contribution < -0.4 is 0 Å². The van der Waals surface area contributed by atoms with E-state index in [4.69, 9.17) is 4.99 Å². The van der Waals surface area contributed by atoms with Crippen LogP contribution >= 0.6 is 0 Å². The van der Waals surface area contributed by atoms with Crippen molar-refractivity contribution in [1.29, 1.82) is 0 Å². The average molecular weight is 217 g/mol. The Kier molecular flexibility index (Phi) is 3.27. The van der Waals surface area contributed by atoms with E-state index in [-0.39, 0.29) is 11.0 Å². The summed E-state index contributed by atoms with van der Waals surface area (Å²) in [6, 6.07) is 0. The maximum absolute atomic E-state index is 4.83. The van der Waals surface area contributed by atoms with Gasteiger partial charge in [-0.3, -0.25) is 4.99 Å². The van der Waals surface area contributed by atoms with E-state index in [9.17, 15) is 0 Å². The molecule has 88 valence electrons. The summed E-state index contributed by atoms with van der Waals surface area (Å²) in [4.78, 5) is 4.83. The van der Waals surface area contributed by atoms with Gasteiger partial charge in [-0.1, -0.05) is 38.2 Å². The second kappa shape index (κ2) is 4.04. The van der Waals surface area contributed by atoms with Crippen LogP contribution in [0.2, 0.25) is 0 Å². The molecule has 0 saturated heterocycles. The van der Waals surface area contributed by atoms with Gasteiger partial charge in [0, 0.05) is 5.41 Å². The van der Waals surface area contributed by atoms with Crippen molar-refractivity contribution in [3.8, 4) is 0 Å². The topological polar surface area (TPSA) is 12.4 Å². The molecule has 0 amide bonds. The van der Waals surface area contributed by atoms with E-state index in [2.05, 4.69) is 53.3 Å². The van der Waals surface area contributed by atoms with Crippen molar-refractivity contribution >= 4 is 5.71 Å².